The zero-order valence-corrected chi connectivity index (χ0v) is 20.7. The molecule has 194 valence electrons. The molecule has 0 amide bonds. The van der Waals surface area contributed by atoms with Crippen molar-refractivity contribution in [2.45, 2.75) is 58.5 Å². The lowest BCUT2D eigenvalue weighted by molar-refractivity contribution is -0.191. The number of esters is 4. The molecule has 0 aromatic heterocycles. The van der Waals surface area contributed by atoms with Crippen molar-refractivity contribution in [2.24, 2.45) is 11.0 Å². The highest BCUT2D eigenvalue weighted by Gasteiger charge is 2.44. The van der Waals surface area contributed by atoms with Crippen LogP contribution in [0.3, 0.4) is 0 Å². The van der Waals surface area contributed by atoms with Crippen LogP contribution >= 0.6 is 0 Å². The molecule has 2 rings (SSSR count). The zero-order chi connectivity index (χ0) is 26.8. The highest BCUT2D eigenvalue weighted by atomic mass is 16.6. The molecule has 0 N–H and O–H groups in total. The largest absolute Gasteiger partial charge is 0.497 e. The minimum absolute atomic E-state index is 0.127. The van der Waals surface area contributed by atoms with Gasteiger partial charge < -0.3 is 23.7 Å². The summed E-state index contributed by atoms with van der Waals surface area (Å²) in [6, 6.07) is 8.33. The van der Waals surface area contributed by atoms with Gasteiger partial charge in [0.2, 0.25) is 0 Å². The summed E-state index contributed by atoms with van der Waals surface area (Å²) in [4.78, 5) is 47.1. The van der Waals surface area contributed by atoms with Gasteiger partial charge in [-0.15, -0.1) is 0 Å². The highest BCUT2D eigenvalue weighted by molar-refractivity contribution is 5.71. The van der Waals surface area contributed by atoms with Crippen LogP contribution in [0.25, 0.3) is 0 Å². The first-order valence-electron chi connectivity index (χ1n) is 11.1. The molecule has 5 atom stereocenters. The Hall–Kier alpha value is -4.14. The second-order valence-electron chi connectivity index (χ2n) is 7.95. The number of nitriles is 1. The monoisotopic (exact) mass is 503 g/mol. The quantitative estimate of drug-likeness (QED) is 0.339. The van der Waals surface area contributed by atoms with E-state index >= 15 is 0 Å². The fraction of sp³-hybridized carbons (Fsp3) is 0.500. The van der Waals surface area contributed by atoms with E-state index in [0.717, 1.165) is 27.7 Å². The Morgan fingerprint density at radius 2 is 1.61 bits per heavy atom. The number of hydrazone groups is 1. The SMILES string of the molecule is COc1ccc(N2N=C[C@@H]([C@@H](OC(C)=O)[C@H](OC(C)=O)[C@@H](COC(C)=O)OC(C)=O)C[C@@H]2C#N)cc1. The first kappa shape index (κ1) is 28.1. The van der Waals surface area contributed by atoms with Gasteiger partial charge >= 0.3 is 23.9 Å². The van der Waals surface area contributed by atoms with E-state index < -0.39 is 60.8 Å². The van der Waals surface area contributed by atoms with Gasteiger partial charge in [-0.25, -0.2) is 5.01 Å². The van der Waals surface area contributed by atoms with Crippen molar-refractivity contribution in [3.8, 4) is 11.8 Å². The second-order valence-corrected chi connectivity index (χ2v) is 7.95. The molecule has 1 aliphatic rings. The third-order valence-electron chi connectivity index (χ3n) is 5.14. The van der Waals surface area contributed by atoms with Crippen LogP contribution in [0, 0.1) is 17.2 Å². The fourth-order valence-corrected chi connectivity index (χ4v) is 3.71. The number of nitrogens with zero attached hydrogens (tertiary/aromatic N) is 3. The molecule has 12 heteroatoms. The normalized spacial score (nSPS) is 19.2. The van der Waals surface area contributed by atoms with E-state index in [1.807, 2.05) is 0 Å². The third kappa shape index (κ3) is 7.97. The lowest BCUT2D eigenvalue weighted by Gasteiger charge is -2.38. The van der Waals surface area contributed by atoms with E-state index in [0.29, 0.717) is 11.4 Å². The molecule has 36 heavy (non-hydrogen) atoms. The summed E-state index contributed by atoms with van der Waals surface area (Å²) < 4.78 is 26.3. The smallest absolute Gasteiger partial charge is 0.303 e. The summed E-state index contributed by atoms with van der Waals surface area (Å²) in [5.41, 5.74) is 0.630. The first-order chi connectivity index (χ1) is 17.0. The van der Waals surface area contributed by atoms with E-state index in [1.54, 1.807) is 24.3 Å². The molecule has 1 aliphatic heterocycles. The average molecular weight is 504 g/mol. The molecular weight excluding hydrogens is 474 g/mol. The predicted octanol–water partition coefficient (Wildman–Crippen LogP) is 1.76. The van der Waals surface area contributed by atoms with Crippen LogP contribution in [0.1, 0.15) is 34.1 Å². The van der Waals surface area contributed by atoms with Gasteiger partial charge in [0.15, 0.2) is 18.3 Å². The molecule has 0 spiro atoms. The van der Waals surface area contributed by atoms with Crippen molar-refractivity contribution in [3.05, 3.63) is 24.3 Å². The number of anilines is 1. The molecule has 0 radical (unpaired) electrons. The summed E-state index contributed by atoms with van der Waals surface area (Å²) in [6.07, 6.45) is -2.24. The van der Waals surface area contributed by atoms with Crippen LogP contribution in [0.5, 0.6) is 5.75 Å². The number of hydrogen-bond donors (Lipinski definition) is 0. The molecule has 0 bridgehead atoms. The van der Waals surface area contributed by atoms with Gasteiger partial charge in [-0.1, -0.05) is 0 Å². The molecule has 0 aliphatic carbocycles. The number of benzene rings is 1. The lowest BCUT2D eigenvalue weighted by Crippen LogP contribution is -2.52. The molecular formula is C24H29N3O9. The second kappa shape index (κ2) is 13.1. The number of hydrogen-bond acceptors (Lipinski definition) is 12. The van der Waals surface area contributed by atoms with Crippen molar-refractivity contribution in [3.63, 3.8) is 0 Å². The minimum atomic E-state index is -1.35. The van der Waals surface area contributed by atoms with E-state index in [1.165, 1.54) is 18.3 Å². The Kier molecular flexibility index (Phi) is 10.2. The van der Waals surface area contributed by atoms with E-state index in [4.69, 9.17) is 23.7 Å². The maximum absolute atomic E-state index is 12.0. The van der Waals surface area contributed by atoms with E-state index in [-0.39, 0.29) is 6.42 Å². The Morgan fingerprint density at radius 1 is 1.00 bits per heavy atom. The van der Waals surface area contributed by atoms with Gasteiger partial charge in [-0.05, 0) is 30.7 Å². The van der Waals surface area contributed by atoms with Crippen LogP contribution < -0.4 is 9.75 Å². The topological polar surface area (TPSA) is 154 Å². The van der Waals surface area contributed by atoms with E-state index in [9.17, 15) is 24.4 Å². The Labute approximate surface area is 208 Å². The minimum Gasteiger partial charge on any atom is -0.497 e. The molecule has 0 saturated carbocycles. The van der Waals surface area contributed by atoms with Crippen LogP contribution in [0.4, 0.5) is 5.69 Å². The lowest BCUT2D eigenvalue weighted by atomic mass is 9.88. The average Bonchev–Trinajstić information content (AvgIpc) is 2.83. The van der Waals surface area contributed by atoms with Crippen molar-refractivity contribution in [1.82, 2.24) is 0 Å². The van der Waals surface area contributed by atoms with Crippen molar-refractivity contribution in [2.75, 3.05) is 18.7 Å². The standard InChI is InChI=1S/C24H29N3O9/c1-14(28)33-13-22(34-15(2)29)24(36-17(4)31)23(35-16(3)30)18-10-20(11-25)27(26-12-18)19-6-8-21(32-5)9-7-19/h6-9,12,18,20,22-24H,10,13H2,1-5H3/t18-,20+,22+,23+,24+/m0/s1. The maximum Gasteiger partial charge on any atom is 0.303 e. The molecule has 1 aromatic rings. The van der Waals surface area contributed by atoms with Gasteiger partial charge in [-0.3, -0.25) is 19.2 Å². The summed E-state index contributed by atoms with van der Waals surface area (Å²) in [5, 5.41) is 15.7. The molecule has 0 saturated heterocycles. The Morgan fingerprint density at radius 3 is 2.11 bits per heavy atom. The van der Waals surface area contributed by atoms with Crippen molar-refractivity contribution >= 4 is 35.8 Å². The van der Waals surface area contributed by atoms with Crippen molar-refractivity contribution in [1.29, 1.82) is 5.26 Å². The number of carbonyl (C=O) groups is 4. The Bertz CT molecular complexity index is 1020. The zero-order valence-electron chi connectivity index (χ0n) is 20.7. The summed E-state index contributed by atoms with van der Waals surface area (Å²) >= 11 is 0. The fourth-order valence-electron chi connectivity index (χ4n) is 3.71. The third-order valence-corrected chi connectivity index (χ3v) is 5.14. The molecule has 1 aromatic carbocycles. The van der Waals surface area contributed by atoms with Crippen LogP contribution in [-0.4, -0.2) is 68.2 Å². The molecule has 1 heterocycles. The van der Waals surface area contributed by atoms with Gasteiger partial charge in [0.25, 0.3) is 0 Å². The Balaban J connectivity index is 2.44. The molecule has 0 unspecified atom stereocenters. The van der Waals surface area contributed by atoms with Crippen LogP contribution in [0.15, 0.2) is 29.4 Å². The van der Waals surface area contributed by atoms with Gasteiger partial charge in [0, 0.05) is 39.8 Å². The van der Waals surface area contributed by atoms with Gasteiger partial charge in [0.1, 0.15) is 18.4 Å². The summed E-state index contributed by atoms with van der Waals surface area (Å²) in [7, 11) is 1.54. The van der Waals surface area contributed by atoms with Gasteiger partial charge in [0.05, 0.1) is 18.9 Å². The van der Waals surface area contributed by atoms with E-state index in [2.05, 4.69) is 11.2 Å². The van der Waals surface area contributed by atoms with Crippen LogP contribution in [-0.2, 0) is 38.1 Å². The number of rotatable bonds is 10. The van der Waals surface area contributed by atoms with Crippen LogP contribution in [0.2, 0.25) is 0 Å². The summed E-state index contributed by atoms with van der Waals surface area (Å²) in [6.45, 7) is 4.14. The molecule has 12 nitrogen and oxygen atoms in total. The molecule has 0 fully saturated rings. The van der Waals surface area contributed by atoms with Gasteiger partial charge in [-0.2, -0.15) is 10.4 Å². The number of methoxy groups -OCH3 is 1. The number of ether oxygens (including phenoxy) is 5. The van der Waals surface area contributed by atoms with Crippen molar-refractivity contribution < 1.29 is 42.9 Å². The summed E-state index contributed by atoms with van der Waals surface area (Å²) in [5.74, 6) is -2.92. The first-order valence-corrected chi connectivity index (χ1v) is 11.1. The predicted molar refractivity (Wildman–Crippen MR) is 125 cm³/mol. The highest BCUT2D eigenvalue weighted by Crippen LogP contribution is 2.31. The maximum atomic E-state index is 12.0. The number of carbonyl (C=O) groups excluding carboxylic acids is 4.